The van der Waals surface area contributed by atoms with E-state index in [1.807, 2.05) is 0 Å². The molecule has 0 saturated carbocycles. The summed E-state index contributed by atoms with van der Waals surface area (Å²) in [4.78, 5) is 11.1. The number of nitrogens with one attached hydrogen (secondary N) is 1. The first-order valence-corrected chi connectivity index (χ1v) is 12.8. The molecule has 30 heavy (non-hydrogen) atoms. The van der Waals surface area contributed by atoms with Crippen molar-refractivity contribution in [2.75, 3.05) is 6.61 Å². The average molecular weight is 430 g/mol. The molecule has 0 aliphatic rings. The van der Waals surface area contributed by atoms with Gasteiger partial charge in [-0.1, -0.05) is 116 Å². The van der Waals surface area contributed by atoms with Gasteiger partial charge in [-0.05, 0) is 6.42 Å². The summed E-state index contributed by atoms with van der Waals surface area (Å²) in [5.74, 6) is -0.321. The molecule has 0 aliphatic heterocycles. The van der Waals surface area contributed by atoms with E-state index in [9.17, 15) is 20.1 Å². The summed E-state index contributed by atoms with van der Waals surface area (Å²) in [6, 6.07) is -0.803. The monoisotopic (exact) mass is 429 g/mol. The third kappa shape index (κ3) is 18.1. The molecule has 0 aromatic carbocycles. The van der Waals surface area contributed by atoms with Crippen LogP contribution in [0, 0.1) is 0 Å². The maximum Gasteiger partial charge on any atom is 0.217 e. The maximum atomic E-state index is 11.1. The summed E-state index contributed by atoms with van der Waals surface area (Å²) in [6.45, 7) is 3.22. The minimum atomic E-state index is -1.13. The first kappa shape index (κ1) is 29.4. The number of hydrogen-bond acceptors (Lipinski definition) is 4. The van der Waals surface area contributed by atoms with E-state index in [1.54, 1.807) is 0 Å². The molecule has 180 valence electrons. The van der Waals surface area contributed by atoms with E-state index in [1.165, 1.54) is 96.8 Å². The SMILES string of the molecule is CCCCCCCCCCCCCCCCCCC[C@@H](O)[C@@H](O)[C@H](CO)NC(C)=O. The van der Waals surface area contributed by atoms with Crippen LogP contribution in [0.3, 0.4) is 0 Å². The van der Waals surface area contributed by atoms with E-state index in [2.05, 4.69) is 12.2 Å². The van der Waals surface area contributed by atoms with Gasteiger partial charge >= 0.3 is 0 Å². The standard InChI is InChI=1S/C25H51NO4/c1-3-4-5-6-7-8-9-10-11-12-13-14-15-16-17-18-19-20-24(29)25(30)23(21-27)26-22(2)28/h23-25,27,29-30H,3-21H2,1-2H3,(H,26,28)/t23-,24+,25-/m0/s1. The topological polar surface area (TPSA) is 89.8 Å². The number of aliphatic hydroxyl groups excluding tert-OH is 3. The fourth-order valence-electron chi connectivity index (χ4n) is 4.02. The Hall–Kier alpha value is -0.650. The van der Waals surface area contributed by atoms with Crippen LogP contribution in [0.2, 0.25) is 0 Å². The number of carbonyl (C=O) groups excluding carboxylic acids is 1. The number of amides is 1. The largest absolute Gasteiger partial charge is 0.394 e. The highest BCUT2D eigenvalue weighted by atomic mass is 16.3. The normalized spacial score (nSPS) is 14.4. The molecular formula is C25H51NO4. The summed E-state index contributed by atoms with van der Waals surface area (Å²) in [7, 11) is 0. The molecule has 5 nitrogen and oxygen atoms in total. The molecular weight excluding hydrogens is 378 g/mol. The third-order valence-corrected chi connectivity index (χ3v) is 6.00. The molecule has 0 radical (unpaired) electrons. The van der Waals surface area contributed by atoms with Crippen molar-refractivity contribution < 1.29 is 20.1 Å². The van der Waals surface area contributed by atoms with Crippen LogP contribution in [0.15, 0.2) is 0 Å². The highest BCUT2D eigenvalue weighted by Gasteiger charge is 2.26. The van der Waals surface area contributed by atoms with Crippen LogP contribution in [0.5, 0.6) is 0 Å². The van der Waals surface area contributed by atoms with Gasteiger partial charge in [0.05, 0.1) is 18.8 Å². The highest BCUT2D eigenvalue weighted by Crippen LogP contribution is 2.15. The molecule has 0 rings (SSSR count). The number of rotatable bonds is 22. The second-order valence-corrected chi connectivity index (χ2v) is 8.99. The van der Waals surface area contributed by atoms with Gasteiger partial charge in [-0.25, -0.2) is 0 Å². The molecule has 1 amide bonds. The lowest BCUT2D eigenvalue weighted by Gasteiger charge is -2.25. The van der Waals surface area contributed by atoms with E-state index in [4.69, 9.17) is 0 Å². The Morgan fingerprint density at radius 3 is 1.40 bits per heavy atom. The Labute approximate surface area is 186 Å². The number of aliphatic hydroxyl groups is 3. The minimum Gasteiger partial charge on any atom is -0.394 e. The smallest absolute Gasteiger partial charge is 0.217 e. The Kier molecular flexibility index (Phi) is 21.1. The van der Waals surface area contributed by atoms with Crippen molar-refractivity contribution in [1.82, 2.24) is 5.32 Å². The number of carbonyl (C=O) groups is 1. The molecule has 4 N–H and O–H groups in total. The van der Waals surface area contributed by atoms with Gasteiger partial charge in [-0.2, -0.15) is 0 Å². The lowest BCUT2D eigenvalue weighted by atomic mass is 9.99. The zero-order chi connectivity index (χ0) is 22.5. The molecule has 0 aromatic heterocycles. The van der Waals surface area contributed by atoms with Crippen LogP contribution in [-0.4, -0.2) is 46.1 Å². The Balaban J connectivity index is 3.39. The van der Waals surface area contributed by atoms with Crippen LogP contribution in [0.25, 0.3) is 0 Å². The molecule has 5 heteroatoms. The third-order valence-electron chi connectivity index (χ3n) is 6.00. The molecule has 0 aromatic rings. The van der Waals surface area contributed by atoms with Crippen molar-refractivity contribution in [3.05, 3.63) is 0 Å². The van der Waals surface area contributed by atoms with Crippen LogP contribution in [0.4, 0.5) is 0 Å². The van der Waals surface area contributed by atoms with Crippen molar-refractivity contribution in [1.29, 1.82) is 0 Å². The second-order valence-electron chi connectivity index (χ2n) is 8.99. The zero-order valence-electron chi connectivity index (χ0n) is 19.9. The molecule has 0 unspecified atom stereocenters. The lowest BCUT2D eigenvalue weighted by Crippen LogP contribution is -2.50. The van der Waals surface area contributed by atoms with E-state index >= 15 is 0 Å². The van der Waals surface area contributed by atoms with E-state index in [0.29, 0.717) is 6.42 Å². The molecule has 3 atom stereocenters. The van der Waals surface area contributed by atoms with Gasteiger partial charge in [0, 0.05) is 6.92 Å². The van der Waals surface area contributed by atoms with Crippen molar-refractivity contribution >= 4 is 5.91 Å². The molecule has 0 fully saturated rings. The van der Waals surface area contributed by atoms with Crippen LogP contribution in [0.1, 0.15) is 129 Å². The second kappa shape index (κ2) is 21.6. The van der Waals surface area contributed by atoms with Gasteiger partial charge in [-0.15, -0.1) is 0 Å². The van der Waals surface area contributed by atoms with Gasteiger partial charge in [0.25, 0.3) is 0 Å². The summed E-state index contributed by atoms with van der Waals surface area (Å²) in [6.07, 6.45) is 20.7. The number of unbranched alkanes of at least 4 members (excludes halogenated alkanes) is 16. The first-order chi connectivity index (χ1) is 14.5. The summed E-state index contributed by atoms with van der Waals surface area (Å²) in [5.41, 5.74) is 0. The zero-order valence-corrected chi connectivity index (χ0v) is 19.9. The first-order valence-electron chi connectivity index (χ1n) is 12.8. The van der Waals surface area contributed by atoms with E-state index < -0.39 is 18.2 Å². The lowest BCUT2D eigenvalue weighted by molar-refractivity contribution is -0.122. The predicted molar refractivity (Wildman–Crippen MR) is 125 cm³/mol. The van der Waals surface area contributed by atoms with Gasteiger partial charge in [0.15, 0.2) is 0 Å². The Bertz CT molecular complexity index is 378. The molecule has 0 aliphatic carbocycles. The molecule has 0 bridgehead atoms. The fraction of sp³-hybridized carbons (Fsp3) is 0.960. The summed E-state index contributed by atoms with van der Waals surface area (Å²) >= 11 is 0. The van der Waals surface area contributed by atoms with E-state index in [0.717, 1.165) is 19.3 Å². The van der Waals surface area contributed by atoms with Crippen molar-refractivity contribution in [3.8, 4) is 0 Å². The Morgan fingerprint density at radius 2 is 1.07 bits per heavy atom. The van der Waals surface area contributed by atoms with Gasteiger partial charge < -0.3 is 20.6 Å². The molecule has 0 heterocycles. The van der Waals surface area contributed by atoms with Gasteiger partial charge in [-0.3, -0.25) is 4.79 Å². The minimum absolute atomic E-state index is 0.321. The average Bonchev–Trinajstić information content (AvgIpc) is 2.73. The summed E-state index contributed by atoms with van der Waals surface area (Å²) in [5, 5.41) is 31.8. The van der Waals surface area contributed by atoms with Crippen LogP contribution < -0.4 is 5.32 Å². The van der Waals surface area contributed by atoms with Gasteiger partial charge in [0.2, 0.25) is 5.91 Å². The summed E-state index contributed by atoms with van der Waals surface area (Å²) < 4.78 is 0. The molecule has 0 spiro atoms. The highest BCUT2D eigenvalue weighted by molar-refractivity contribution is 5.73. The van der Waals surface area contributed by atoms with Crippen LogP contribution in [-0.2, 0) is 4.79 Å². The van der Waals surface area contributed by atoms with Gasteiger partial charge in [0.1, 0.15) is 6.10 Å². The van der Waals surface area contributed by atoms with Crippen LogP contribution >= 0.6 is 0 Å². The predicted octanol–water partition coefficient (Wildman–Crippen LogP) is 5.25. The fourth-order valence-corrected chi connectivity index (χ4v) is 4.02. The van der Waals surface area contributed by atoms with Crippen molar-refractivity contribution in [2.24, 2.45) is 0 Å². The quantitative estimate of drug-likeness (QED) is 0.177. The Morgan fingerprint density at radius 1 is 0.700 bits per heavy atom. The van der Waals surface area contributed by atoms with Crippen molar-refractivity contribution in [2.45, 2.75) is 148 Å². The maximum absolute atomic E-state index is 11.1. The van der Waals surface area contributed by atoms with E-state index in [-0.39, 0.29) is 12.5 Å². The molecule has 0 saturated heterocycles. The van der Waals surface area contributed by atoms with Crippen molar-refractivity contribution in [3.63, 3.8) is 0 Å². The number of hydrogen-bond donors (Lipinski definition) is 4.